The van der Waals surface area contributed by atoms with Crippen LogP contribution < -0.4 is 9.80 Å². The van der Waals surface area contributed by atoms with E-state index < -0.39 is 29.5 Å². The van der Waals surface area contributed by atoms with Crippen LogP contribution in [0.5, 0.6) is 0 Å². The summed E-state index contributed by atoms with van der Waals surface area (Å²) in [4.78, 5) is 2.68. The molecule has 1 aliphatic rings. The van der Waals surface area contributed by atoms with E-state index in [-0.39, 0.29) is 17.3 Å². The van der Waals surface area contributed by atoms with Crippen molar-refractivity contribution in [1.82, 2.24) is 0 Å². The second kappa shape index (κ2) is 6.92. The molecule has 0 aromatic heterocycles. The van der Waals surface area contributed by atoms with Crippen LogP contribution in [0, 0.1) is 23.7 Å². The Hall–Kier alpha value is -3.34. The molecule has 0 spiro atoms. The van der Waals surface area contributed by atoms with Gasteiger partial charge in [-0.05, 0) is 44.2 Å². The van der Waals surface area contributed by atoms with Gasteiger partial charge in [-0.1, -0.05) is 24.3 Å². The second-order valence-corrected chi connectivity index (χ2v) is 7.02. The number of nitrogens with one attached hydrogen (secondary N) is 1. The summed E-state index contributed by atoms with van der Waals surface area (Å²) in [7, 11) is 0. The molecular weight excluding hydrogens is 384 g/mol. The van der Waals surface area contributed by atoms with Crippen molar-refractivity contribution in [2.75, 3.05) is 16.5 Å². The smallest absolute Gasteiger partial charge is 0.312 e. The van der Waals surface area contributed by atoms with Gasteiger partial charge in [-0.25, -0.2) is 4.39 Å². The van der Waals surface area contributed by atoms with Crippen molar-refractivity contribution in [3.63, 3.8) is 0 Å². The first-order chi connectivity index (χ1) is 13.5. The molecule has 0 saturated carbocycles. The van der Waals surface area contributed by atoms with Crippen molar-refractivity contribution in [2.45, 2.75) is 25.6 Å². The molecule has 29 heavy (non-hydrogen) atoms. The molecule has 1 N–H and O–H groups in total. The van der Waals surface area contributed by atoms with Gasteiger partial charge in [-0.3, -0.25) is 10.3 Å². The number of aryl methyl sites for hydroxylation is 1. The molecule has 1 unspecified atom stereocenters. The average Bonchev–Trinajstić information content (AvgIpc) is 2.88. The number of amidine groups is 1. The van der Waals surface area contributed by atoms with Crippen LogP contribution in [-0.4, -0.2) is 18.0 Å². The first kappa shape index (κ1) is 20.4. The molecule has 2 aromatic carbocycles. The lowest BCUT2D eigenvalue weighted by molar-refractivity contribution is -0.137. The van der Waals surface area contributed by atoms with Gasteiger partial charge in [0.2, 0.25) is 0 Å². The highest BCUT2D eigenvalue weighted by molar-refractivity contribution is 6.11. The fourth-order valence-corrected chi connectivity index (χ4v) is 3.39. The van der Waals surface area contributed by atoms with Gasteiger partial charge in [0.25, 0.3) is 0 Å². The first-order valence-corrected chi connectivity index (χ1v) is 8.67. The maximum Gasteiger partial charge on any atom is 0.417 e. The molecule has 150 valence electrons. The van der Waals surface area contributed by atoms with E-state index in [1.54, 1.807) is 12.1 Å². The summed E-state index contributed by atoms with van der Waals surface area (Å²) in [5, 5.41) is 17.5. The SMILES string of the molecule is C=C1N(c2ccc(C#N)c(C(F)(F)F)c2)C(=N)C(C)(CF)N1c1ccc(C)cc1. The Morgan fingerprint density at radius 2 is 1.72 bits per heavy atom. The average molecular weight is 402 g/mol. The Balaban J connectivity index is 2.14. The molecular formula is C21H18F4N4. The highest BCUT2D eigenvalue weighted by Gasteiger charge is 2.50. The van der Waals surface area contributed by atoms with E-state index in [0.717, 1.165) is 17.7 Å². The third-order valence-electron chi connectivity index (χ3n) is 4.98. The van der Waals surface area contributed by atoms with Gasteiger partial charge in [-0.2, -0.15) is 18.4 Å². The third kappa shape index (κ3) is 3.23. The van der Waals surface area contributed by atoms with E-state index in [4.69, 9.17) is 10.7 Å². The molecule has 0 amide bonds. The monoisotopic (exact) mass is 402 g/mol. The van der Waals surface area contributed by atoms with Crippen LogP contribution in [0.3, 0.4) is 0 Å². The third-order valence-corrected chi connectivity index (χ3v) is 4.98. The number of nitriles is 1. The van der Waals surface area contributed by atoms with Gasteiger partial charge < -0.3 is 4.90 Å². The number of hydrogen-bond donors (Lipinski definition) is 1. The normalized spacial score (nSPS) is 19.6. The number of hydrogen-bond acceptors (Lipinski definition) is 3. The molecule has 1 saturated heterocycles. The van der Waals surface area contributed by atoms with Crippen LogP contribution >= 0.6 is 0 Å². The fraction of sp³-hybridized carbons (Fsp3) is 0.238. The zero-order valence-electron chi connectivity index (χ0n) is 15.8. The Kier molecular flexibility index (Phi) is 4.87. The topological polar surface area (TPSA) is 54.1 Å². The van der Waals surface area contributed by atoms with Crippen LogP contribution in [0.4, 0.5) is 28.9 Å². The highest BCUT2D eigenvalue weighted by Crippen LogP contribution is 2.42. The maximum absolute atomic E-state index is 14.1. The van der Waals surface area contributed by atoms with Crippen LogP contribution in [-0.2, 0) is 6.18 Å². The zero-order chi connectivity index (χ0) is 21.6. The number of alkyl halides is 4. The number of rotatable bonds is 3. The van der Waals surface area contributed by atoms with Crippen LogP contribution in [0.2, 0.25) is 0 Å². The molecule has 8 heteroatoms. The minimum atomic E-state index is -4.75. The van der Waals surface area contributed by atoms with Crippen molar-refractivity contribution < 1.29 is 17.6 Å². The van der Waals surface area contributed by atoms with Gasteiger partial charge in [0.1, 0.15) is 23.9 Å². The van der Waals surface area contributed by atoms with Crippen molar-refractivity contribution in [3.05, 3.63) is 71.6 Å². The van der Waals surface area contributed by atoms with Gasteiger partial charge in [0, 0.05) is 11.4 Å². The molecule has 0 aliphatic carbocycles. The fourth-order valence-electron chi connectivity index (χ4n) is 3.39. The van der Waals surface area contributed by atoms with Gasteiger partial charge in [0.05, 0.1) is 17.2 Å². The molecule has 2 aromatic rings. The van der Waals surface area contributed by atoms with Gasteiger partial charge >= 0.3 is 6.18 Å². The van der Waals surface area contributed by atoms with E-state index in [1.165, 1.54) is 28.9 Å². The number of nitrogens with zero attached hydrogens (tertiary/aromatic N) is 3. The standard InChI is InChI=1S/C21H18F4N4/c1-13-4-7-16(8-5-13)29-14(2)28(19(27)20(29,3)12-22)17-9-6-15(11-26)18(10-17)21(23,24)25/h4-10,27H,2,12H2,1,3H3. The molecule has 0 bridgehead atoms. The Labute approximate surface area is 165 Å². The minimum absolute atomic E-state index is 0.0133. The number of anilines is 2. The summed E-state index contributed by atoms with van der Waals surface area (Å²) in [5.41, 5.74) is -1.55. The van der Waals surface area contributed by atoms with Crippen molar-refractivity contribution in [2.24, 2.45) is 0 Å². The summed E-state index contributed by atoms with van der Waals surface area (Å²) in [6.45, 7) is 6.36. The van der Waals surface area contributed by atoms with Crippen LogP contribution in [0.15, 0.2) is 54.9 Å². The summed E-state index contributed by atoms with van der Waals surface area (Å²) in [5.74, 6) is -0.0970. The quantitative estimate of drug-likeness (QED) is 0.701. The molecule has 0 radical (unpaired) electrons. The molecule has 3 rings (SSSR count). The molecule has 1 atom stereocenters. The van der Waals surface area contributed by atoms with E-state index in [2.05, 4.69) is 6.58 Å². The second-order valence-electron chi connectivity index (χ2n) is 7.02. The Morgan fingerprint density at radius 3 is 2.24 bits per heavy atom. The van der Waals surface area contributed by atoms with E-state index in [1.807, 2.05) is 19.1 Å². The van der Waals surface area contributed by atoms with E-state index in [0.29, 0.717) is 5.69 Å². The summed E-state index contributed by atoms with van der Waals surface area (Å²) in [6.07, 6.45) is -4.75. The Bertz CT molecular complexity index is 1020. The lowest BCUT2D eigenvalue weighted by atomic mass is 10.0. The van der Waals surface area contributed by atoms with Crippen molar-refractivity contribution in [3.8, 4) is 6.07 Å². The Morgan fingerprint density at radius 1 is 1.14 bits per heavy atom. The number of halogens is 4. The van der Waals surface area contributed by atoms with Crippen molar-refractivity contribution in [1.29, 1.82) is 10.7 Å². The molecule has 1 aliphatic heterocycles. The lowest BCUT2D eigenvalue weighted by Gasteiger charge is -2.32. The molecule has 1 heterocycles. The largest absolute Gasteiger partial charge is 0.417 e. The molecule has 4 nitrogen and oxygen atoms in total. The molecule has 1 fully saturated rings. The maximum atomic E-state index is 14.1. The van der Waals surface area contributed by atoms with Gasteiger partial charge in [-0.15, -0.1) is 0 Å². The summed E-state index contributed by atoms with van der Waals surface area (Å²) < 4.78 is 54.3. The van der Waals surface area contributed by atoms with Gasteiger partial charge in [0.15, 0.2) is 0 Å². The predicted octanol–water partition coefficient (Wildman–Crippen LogP) is 5.39. The zero-order valence-corrected chi connectivity index (χ0v) is 15.8. The lowest BCUT2D eigenvalue weighted by Crippen LogP contribution is -2.48. The summed E-state index contributed by atoms with van der Waals surface area (Å²) >= 11 is 0. The van der Waals surface area contributed by atoms with Crippen molar-refractivity contribution >= 4 is 17.2 Å². The van der Waals surface area contributed by atoms with Crippen LogP contribution in [0.1, 0.15) is 23.6 Å². The highest BCUT2D eigenvalue weighted by atomic mass is 19.4. The van der Waals surface area contributed by atoms with E-state index >= 15 is 0 Å². The predicted molar refractivity (Wildman–Crippen MR) is 104 cm³/mol. The number of benzene rings is 2. The summed E-state index contributed by atoms with van der Waals surface area (Å²) in [6, 6.07) is 11.8. The minimum Gasteiger partial charge on any atom is -0.312 e. The van der Waals surface area contributed by atoms with Crippen LogP contribution in [0.25, 0.3) is 0 Å². The first-order valence-electron chi connectivity index (χ1n) is 8.67. The van der Waals surface area contributed by atoms with E-state index in [9.17, 15) is 17.6 Å².